The third kappa shape index (κ3) is 4.41. The van der Waals surface area contributed by atoms with Crippen molar-refractivity contribution in [3.8, 4) is 28.3 Å². The summed E-state index contributed by atoms with van der Waals surface area (Å²) in [6.07, 6.45) is 13.7. The lowest BCUT2D eigenvalue weighted by molar-refractivity contribution is 0.325. The number of rotatable bonds is 4. The van der Waals surface area contributed by atoms with Crippen molar-refractivity contribution in [2.24, 2.45) is 11.3 Å². The summed E-state index contributed by atoms with van der Waals surface area (Å²) in [6, 6.07) is 11.1. The number of hydrogen-bond donors (Lipinski definition) is 0. The summed E-state index contributed by atoms with van der Waals surface area (Å²) in [7, 11) is 0. The summed E-state index contributed by atoms with van der Waals surface area (Å²) in [6.45, 7) is 7.55. The Bertz CT molecular complexity index is 1290. The molecule has 0 atom stereocenters. The highest BCUT2D eigenvalue weighted by Crippen LogP contribution is 2.38. The predicted octanol–water partition coefficient (Wildman–Crippen LogP) is 6.10. The number of hydrogen-bond acceptors (Lipinski definition) is 4. The fraction of sp³-hybridized carbons (Fsp3) is 0.407. The minimum Gasteiger partial charge on any atom is -0.272 e. The highest BCUT2D eigenvalue weighted by molar-refractivity contribution is 5.83. The van der Waals surface area contributed by atoms with Crippen LogP contribution in [0.1, 0.15) is 58.1 Å². The monoisotopic (exact) mass is 438 g/mol. The number of aromatic nitrogens is 5. The molecule has 1 aliphatic rings. The lowest BCUT2D eigenvalue weighted by atomic mass is 9.80. The second kappa shape index (κ2) is 8.47. The molecule has 0 radical (unpaired) electrons. The zero-order valence-corrected chi connectivity index (χ0v) is 19.6. The fourth-order valence-corrected chi connectivity index (χ4v) is 4.90. The Morgan fingerprint density at radius 3 is 2.39 bits per heavy atom. The Balaban J connectivity index is 1.44. The van der Waals surface area contributed by atoms with Crippen LogP contribution in [0.5, 0.6) is 0 Å². The lowest BCUT2D eigenvalue weighted by Crippen LogP contribution is -2.15. The van der Waals surface area contributed by atoms with E-state index in [0.29, 0.717) is 5.92 Å². The highest BCUT2D eigenvalue weighted by atomic mass is 15.3. The van der Waals surface area contributed by atoms with Gasteiger partial charge in [0.2, 0.25) is 0 Å². The summed E-state index contributed by atoms with van der Waals surface area (Å²) in [4.78, 5) is 4.78. The van der Waals surface area contributed by atoms with Crippen molar-refractivity contribution >= 4 is 5.52 Å². The molecule has 3 aromatic heterocycles. The first-order valence-electron chi connectivity index (χ1n) is 11.8. The molecular formula is C27H30N6. The van der Waals surface area contributed by atoms with Gasteiger partial charge >= 0.3 is 0 Å². The van der Waals surface area contributed by atoms with E-state index in [-0.39, 0.29) is 11.3 Å². The number of fused-ring (bicyclic) bond motifs is 1. The van der Waals surface area contributed by atoms with Gasteiger partial charge in [-0.2, -0.15) is 15.5 Å². The molecule has 3 heterocycles. The summed E-state index contributed by atoms with van der Waals surface area (Å²) in [5.41, 5.74) is 6.91. The molecule has 1 aromatic carbocycles. The van der Waals surface area contributed by atoms with Crippen LogP contribution in [-0.4, -0.2) is 24.4 Å². The topological polar surface area (TPSA) is 71.8 Å². The van der Waals surface area contributed by atoms with E-state index in [1.54, 1.807) is 0 Å². The molecule has 0 N–H and O–H groups in total. The molecule has 1 aliphatic carbocycles. The fourth-order valence-electron chi connectivity index (χ4n) is 4.90. The Morgan fingerprint density at radius 1 is 0.970 bits per heavy atom. The molecule has 6 heteroatoms. The molecule has 33 heavy (non-hydrogen) atoms. The molecule has 0 saturated heterocycles. The molecule has 0 unspecified atom stereocenters. The molecule has 6 nitrogen and oxygen atoms in total. The molecule has 168 valence electrons. The maximum absolute atomic E-state index is 9.25. The summed E-state index contributed by atoms with van der Waals surface area (Å²) in [5, 5.41) is 18.4. The van der Waals surface area contributed by atoms with E-state index in [1.807, 2.05) is 34.0 Å². The average molecular weight is 439 g/mol. The van der Waals surface area contributed by atoms with Crippen LogP contribution < -0.4 is 0 Å². The molecule has 4 aromatic rings. The lowest BCUT2D eigenvalue weighted by Gasteiger charge is -2.24. The van der Waals surface area contributed by atoms with Gasteiger partial charge < -0.3 is 0 Å². The van der Waals surface area contributed by atoms with Gasteiger partial charge in [0.25, 0.3) is 0 Å². The van der Waals surface area contributed by atoms with Crippen LogP contribution in [0.2, 0.25) is 0 Å². The molecule has 1 saturated carbocycles. The minimum atomic E-state index is 0.186. The van der Waals surface area contributed by atoms with Crippen LogP contribution in [-0.2, 0) is 6.54 Å². The summed E-state index contributed by atoms with van der Waals surface area (Å²) >= 11 is 0. The normalized spacial score (nSPS) is 19.0. The number of nitriles is 1. The van der Waals surface area contributed by atoms with Gasteiger partial charge in [-0.25, -0.2) is 4.52 Å². The molecule has 0 amide bonds. The maximum Gasteiger partial charge on any atom is 0.0958 e. The van der Waals surface area contributed by atoms with Crippen molar-refractivity contribution < 1.29 is 0 Å². The van der Waals surface area contributed by atoms with E-state index in [0.717, 1.165) is 65.7 Å². The zero-order chi connectivity index (χ0) is 23.0. The quantitative estimate of drug-likeness (QED) is 0.386. The van der Waals surface area contributed by atoms with Crippen LogP contribution in [0.3, 0.4) is 0 Å². The van der Waals surface area contributed by atoms with Crippen molar-refractivity contribution in [3.05, 3.63) is 60.9 Å². The Kier molecular flexibility index (Phi) is 5.49. The van der Waals surface area contributed by atoms with E-state index in [4.69, 9.17) is 4.98 Å². The van der Waals surface area contributed by atoms with Gasteiger partial charge in [0.1, 0.15) is 0 Å². The van der Waals surface area contributed by atoms with Gasteiger partial charge in [-0.05, 0) is 42.2 Å². The van der Waals surface area contributed by atoms with E-state index >= 15 is 0 Å². The second-order valence-electron chi connectivity index (χ2n) is 10.4. The number of benzene rings is 1. The van der Waals surface area contributed by atoms with Gasteiger partial charge in [-0.3, -0.25) is 9.67 Å². The standard InChI is InChI=1S/C27H30N6/c1-27(2,3)18-32-17-23(15-30-32)20-8-10-21(11-9-20)24-16-31-33-13-12-29-25(26(24)33)22-6-4-19(14-28)5-7-22/h8-13,15-17,19,22H,4-7,18H2,1-3H3. The van der Waals surface area contributed by atoms with Crippen molar-refractivity contribution in [2.75, 3.05) is 0 Å². The Hall–Kier alpha value is -3.46. The van der Waals surface area contributed by atoms with Gasteiger partial charge in [0, 0.05) is 48.1 Å². The average Bonchev–Trinajstić information content (AvgIpc) is 3.45. The molecular weight excluding hydrogens is 408 g/mol. The van der Waals surface area contributed by atoms with Crippen molar-refractivity contribution in [3.63, 3.8) is 0 Å². The molecule has 0 spiro atoms. The van der Waals surface area contributed by atoms with Gasteiger partial charge in [-0.15, -0.1) is 0 Å². The predicted molar refractivity (Wildman–Crippen MR) is 129 cm³/mol. The summed E-state index contributed by atoms with van der Waals surface area (Å²) in [5.74, 6) is 0.562. The van der Waals surface area contributed by atoms with Crippen LogP contribution in [0, 0.1) is 22.7 Å². The van der Waals surface area contributed by atoms with Gasteiger partial charge in [0.15, 0.2) is 0 Å². The van der Waals surface area contributed by atoms with Crippen LogP contribution in [0.25, 0.3) is 27.8 Å². The SMILES string of the molecule is CC(C)(C)Cn1cc(-c2ccc(-c3cnn4ccnc(C5CCC(C#N)CC5)c34)cc2)cn1. The first kappa shape index (κ1) is 21.4. The third-order valence-electron chi connectivity index (χ3n) is 6.55. The molecule has 0 aliphatic heterocycles. The van der Waals surface area contributed by atoms with Crippen LogP contribution >= 0.6 is 0 Å². The molecule has 1 fully saturated rings. The number of nitrogens with zero attached hydrogens (tertiary/aromatic N) is 6. The van der Waals surface area contributed by atoms with E-state index in [9.17, 15) is 5.26 Å². The van der Waals surface area contributed by atoms with Crippen molar-refractivity contribution in [2.45, 2.75) is 58.9 Å². The van der Waals surface area contributed by atoms with Crippen LogP contribution in [0.4, 0.5) is 0 Å². The largest absolute Gasteiger partial charge is 0.272 e. The summed E-state index contributed by atoms with van der Waals surface area (Å²) < 4.78 is 3.96. The first-order valence-corrected chi connectivity index (χ1v) is 11.8. The minimum absolute atomic E-state index is 0.186. The Labute approximate surface area is 194 Å². The highest BCUT2D eigenvalue weighted by Gasteiger charge is 2.26. The van der Waals surface area contributed by atoms with Gasteiger partial charge in [-0.1, -0.05) is 45.0 Å². The van der Waals surface area contributed by atoms with Crippen LogP contribution in [0.15, 0.2) is 55.2 Å². The second-order valence-corrected chi connectivity index (χ2v) is 10.4. The Morgan fingerprint density at radius 2 is 1.70 bits per heavy atom. The van der Waals surface area contributed by atoms with Gasteiger partial charge in [0.05, 0.1) is 29.7 Å². The molecule has 0 bridgehead atoms. The van der Waals surface area contributed by atoms with E-state index in [2.05, 4.69) is 67.5 Å². The van der Waals surface area contributed by atoms with Crippen molar-refractivity contribution in [1.82, 2.24) is 24.4 Å². The maximum atomic E-state index is 9.25. The first-order chi connectivity index (χ1) is 15.9. The molecule has 5 rings (SSSR count). The smallest absolute Gasteiger partial charge is 0.0958 e. The zero-order valence-electron chi connectivity index (χ0n) is 19.6. The van der Waals surface area contributed by atoms with E-state index in [1.165, 1.54) is 0 Å². The third-order valence-corrected chi connectivity index (χ3v) is 6.55. The van der Waals surface area contributed by atoms with Crippen molar-refractivity contribution in [1.29, 1.82) is 5.26 Å². The van der Waals surface area contributed by atoms with E-state index < -0.39 is 0 Å².